The van der Waals surface area contributed by atoms with Gasteiger partial charge in [-0.1, -0.05) is 6.92 Å². The molecule has 2 rings (SSSR count). The zero-order valence-electron chi connectivity index (χ0n) is 12.5. The summed E-state index contributed by atoms with van der Waals surface area (Å²) in [4.78, 5) is 4.71. The number of aromatic nitrogens is 2. The van der Waals surface area contributed by atoms with Gasteiger partial charge in [-0.05, 0) is 44.5 Å². The summed E-state index contributed by atoms with van der Waals surface area (Å²) in [6.07, 6.45) is 2.02. The van der Waals surface area contributed by atoms with Crippen molar-refractivity contribution in [3.05, 3.63) is 30.1 Å². The molecular formula is C16H23N3O. The van der Waals surface area contributed by atoms with E-state index in [2.05, 4.69) is 18.4 Å². The predicted octanol–water partition coefficient (Wildman–Crippen LogP) is 3.50. The number of nitrogen functional groups attached to an aromatic ring is 1. The molecule has 1 aromatic heterocycles. The van der Waals surface area contributed by atoms with E-state index < -0.39 is 0 Å². The summed E-state index contributed by atoms with van der Waals surface area (Å²) in [7, 11) is 0. The topological polar surface area (TPSA) is 53.1 Å². The van der Waals surface area contributed by atoms with Gasteiger partial charge in [-0.3, -0.25) is 0 Å². The largest absolute Gasteiger partial charge is 0.494 e. The van der Waals surface area contributed by atoms with Gasteiger partial charge in [-0.2, -0.15) is 0 Å². The zero-order valence-corrected chi connectivity index (χ0v) is 12.5. The van der Waals surface area contributed by atoms with Crippen LogP contribution in [0.25, 0.3) is 11.3 Å². The van der Waals surface area contributed by atoms with Crippen LogP contribution in [0.3, 0.4) is 0 Å². The second-order valence-electron chi connectivity index (χ2n) is 4.71. The van der Waals surface area contributed by atoms with Crippen LogP contribution in [0.2, 0.25) is 0 Å². The Bertz CT molecular complexity index is 558. The molecule has 1 heterocycles. The van der Waals surface area contributed by atoms with Crippen molar-refractivity contribution >= 4 is 5.82 Å². The summed E-state index contributed by atoms with van der Waals surface area (Å²) in [5.74, 6) is 2.69. The minimum atomic E-state index is 0.673. The van der Waals surface area contributed by atoms with Crippen molar-refractivity contribution < 1.29 is 4.74 Å². The molecule has 2 aromatic rings. The molecule has 0 aliphatic carbocycles. The maximum Gasteiger partial charge on any atom is 0.131 e. The Kier molecular flexibility index (Phi) is 4.66. The van der Waals surface area contributed by atoms with Crippen LogP contribution in [-0.4, -0.2) is 16.2 Å². The van der Waals surface area contributed by atoms with Gasteiger partial charge in [0.05, 0.1) is 6.61 Å². The van der Waals surface area contributed by atoms with E-state index in [9.17, 15) is 0 Å². The normalized spacial score (nSPS) is 10.8. The van der Waals surface area contributed by atoms with Gasteiger partial charge in [-0.25, -0.2) is 4.98 Å². The molecule has 0 bridgehead atoms. The summed E-state index contributed by atoms with van der Waals surface area (Å²) in [6, 6.07) is 7.95. The first-order valence-electron chi connectivity index (χ1n) is 7.29. The molecule has 4 heteroatoms. The van der Waals surface area contributed by atoms with Crippen LogP contribution in [0.5, 0.6) is 5.75 Å². The molecule has 0 aliphatic rings. The third-order valence-electron chi connectivity index (χ3n) is 3.31. The third-order valence-corrected chi connectivity index (χ3v) is 3.31. The van der Waals surface area contributed by atoms with Gasteiger partial charge < -0.3 is 15.0 Å². The van der Waals surface area contributed by atoms with Crippen molar-refractivity contribution in [3.63, 3.8) is 0 Å². The molecule has 4 nitrogen and oxygen atoms in total. The first-order chi connectivity index (χ1) is 9.71. The SMILES string of the molecule is CCCc1nc(-c2ccc(OCC)cc2)c(N)n1CC. The maximum absolute atomic E-state index is 6.24. The van der Waals surface area contributed by atoms with E-state index in [1.807, 2.05) is 31.2 Å². The van der Waals surface area contributed by atoms with E-state index in [0.717, 1.165) is 48.0 Å². The van der Waals surface area contributed by atoms with E-state index in [-0.39, 0.29) is 0 Å². The average molecular weight is 273 g/mol. The van der Waals surface area contributed by atoms with Crippen molar-refractivity contribution in [1.82, 2.24) is 9.55 Å². The van der Waals surface area contributed by atoms with E-state index in [0.29, 0.717) is 6.61 Å². The molecule has 0 aliphatic heterocycles. The van der Waals surface area contributed by atoms with Crippen molar-refractivity contribution in [3.8, 4) is 17.0 Å². The lowest BCUT2D eigenvalue weighted by molar-refractivity contribution is 0.340. The number of nitrogens with zero attached hydrogens (tertiary/aromatic N) is 2. The molecule has 0 saturated carbocycles. The average Bonchev–Trinajstić information content (AvgIpc) is 2.77. The van der Waals surface area contributed by atoms with Gasteiger partial charge in [0, 0.05) is 18.5 Å². The highest BCUT2D eigenvalue weighted by molar-refractivity contribution is 5.71. The summed E-state index contributed by atoms with van der Waals surface area (Å²) in [5, 5.41) is 0. The molecule has 0 atom stereocenters. The predicted molar refractivity (Wildman–Crippen MR) is 82.9 cm³/mol. The lowest BCUT2D eigenvalue weighted by atomic mass is 10.1. The molecular weight excluding hydrogens is 250 g/mol. The molecule has 0 saturated heterocycles. The van der Waals surface area contributed by atoms with Crippen LogP contribution in [-0.2, 0) is 13.0 Å². The summed E-state index contributed by atoms with van der Waals surface area (Å²) < 4.78 is 7.55. The number of benzene rings is 1. The fourth-order valence-electron chi connectivity index (χ4n) is 2.37. The molecule has 1 aromatic carbocycles. The molecule has 0 amide bonds. The van der Waals surface area contributed by atoms with Crippen LogP contribution in [0.1, 0.15) is 33.0 Å². The Balaban J connectivity index is 2.36. The van der Waals surface area contributed by atoms with Crippen molar-refractivity contribution in [2.75, 3.05) is 12.3 Å². The first-order valence-corrected chi connectivity index (χ1v) is 7.29. The number of ether oxygens (including phenoxy) is 1. The summed E-state index contributed by atoms with van der Waals surface area (Å²) >= 11 is 0. The highest BCUT2D eigenvalue weighted by atomic mass is 16.5. The Hall–Kier alpha value is -1.97. The summed E-state index contributed by atoms with van der Waals surface area (Å²) in [6.45, 7) is 7.75. The minimum absolute atomic E-state index is 0.673. The third kappa shape index (κ3) is 2.79. The minimum Gasteiger partial charge on any atom is -0.494 e. The smallest absolute Gasteiger partial charge is 0.131 e. The van der Waals surface area contributed by atoms with Crippen LogP contribution >= 0.6 is 0 Å². The number of rotatable bonds is 6. The van der Waals surface area contributed by atoms with Gasteiger partial charge in [0.1, 0.15) is 23.1 Å². The zero-order chi connectivity index (χ0) is 14.5. The molecule has 108 valence electrons. The molecule has 0 unspecified atom stereocenters. The number of imidazole rings is 1. The fourth-order valence-corrected chi connectivity index (χ4v) is 2.37. The lowest BCUT2D eigenvalue weighted by Gasteiger charge is -2.06. The van der Waals surface area contributed by atoms with Gasteiger partial charge in [0.2, 0.25) is 0 Å². The van der Waals surface area contributed by atoms with Gasteiger partial charge in [0.25, 0.3) is 0 Å². The molecule has 0 fully saturated rings. The number of hydrogen-bond acceptors (Lipinski definition) is 3. The monoisotopic (exact) mass is 273 g/mol. The Morgan fingerprint density at radius 2 is 1.85 bits per heavy atom. The second-order valence-corrected chi connectivity index (χ2v) is 4.71. The van der Waals surface area contributed by atoms with E-state index in [4.69, 9.17) is 15.5 Å². The van der Waals surface area contributed by atoms with E-state index in [1.165, 1.54) is 0 Å². The fraction of sp³-hybridized carbons (Fsp3) is 0.438. The first kappa shape index (κ1) is 14.4. The maximum atomic E-state index is 6.24. The second kappa shape index (κ2) is 6.46. The Morgan fingerprint density at radius 1 is 1.15 bits per heavy atom. The Labute approximate surface area is 120 Å². The highest BCUT2D eigenvalue weighted by Gasteiger charge is 2.14. The van der Waals surface area contributed by atoms with Crippen LogP contribution in [0, 0.1) is 0 Å². The number of nitrogens with two attached hydrogens (primary N) is 1. The van der Waals surface area contributed by atoms with Crippen molar-refractivity contribution in [2.45, 2.75) is 40.2 Å². The van der Waals surface area contributed by atoms with Gasteiger partial charge in [0.15, 0.2) is 0 Å². The Morgan fingerprint density at radius 3 is 2.40 bits per heavy atom. The molecule has 20 heavy (non-hydrogen) atoms. The molecule has 0 spiro atoms. The number of hydrogen-bond donors (Lipinski definition) is 1. The van der Waals surface area contributed by atoms with Gasteiger partial charge in [-0.15, -0.1) is 0 Å². The number of anilines is 1. The van der Waals surface area contributed by atoms with Gasteiger partial charge >= 0.3 is 0 Å². The lowest BCUT2D eigenvalue weighted by Crippen LogP contribution is -2.05. The quantitative estimate of drug-likeness (QED) is 0.876. The molecule has 0 radical (unpaired) electrons. The number of aryl methyl sites for hydroxylation is 1. The van der Waals surface area contributed by atoms with Crippen LogP contribution < -0.4 is 10.5 Å². The highest BCUT2D eigenvalue weighted by Crippen LogP contribution is 2.28. The standard InChI is InChI=1S/C16H23N3O/c1-4-7-14-18-15(16(17)19(14)5-2)12-8-10-13(11-9-12)20-6-3/h8-11H,4-7,17H2,1-3H3. The van der Waals surface area contributed by atoms with Crippen LogP contribution in [0.15, 0.2) is 24.3 Å². The van der Waals surface area contributed by atoms with Crippen molar-refractivity contribution in [2.24, 2.45) is 0 Å². The van der Waals surface area contributed by atoms with E-state index in [1.54, 1.807) is 0 Å². The van der Waals surface area contributed by atoms with Crippen LogP contribution in [0.4, 0.5) is 5.82 Å². The summed E-state index contributed by atoms with van der Waals surface area (Å²) in [5.41, 5.74) is 8.15. The van der Waals surface area contributed by atoms with Crippen molar-refractivity contribution in [1.29, 1.82) is 0 Å². The van der Waals surface area contributed by atoms with E-state index >= 15 is 0 Å². The molecule has 2 N–H and O–H groups in total.